The second kappa shape index (κ2) is 10.2. The molecular weight excluding hydrogens is 444 g/mol. The summed E-state index contributed by atoms with van der Waals surface area (Å²) < 4.78 is 38.2. The molecule has 0 heterocycles. The predicted molar refractivity (Wildman–Crippen MR) is 107 cm³/mol. The first-order valence-corrected chi connectivity index (χ1v) is 7.79. The van der Waals surface area contributed by atoms with E-state index in [1.807, 2.05) is 14.1 Å². The van der Waals surface area contributed by atoms with Crippen LogP contribution in [0.1, 0.15) is 25.0 Å². The fourth-order valence-corrected chi connectivity index (χ4v) is 2.50. The van der Waals surface area contributed by atoms with Crippen LogP contribution < -0.4 is 10.6 Å². The Bertz CT molecular complexity index is 557. The maximum Gasteiger partial charge on any atom is 0.416 e. The van der Waals surface area contributed by atoms with Gasteiger partial charge in [-0.25, -0.2) is 0 Å². The van der Waals surface area contributed by atoms with Crippen LogP contribution in [0.3, 0.4) is 0 Å². The molecule has 0 bridgehead atoms. The van der Waals surface area contributed by atoms with E-state index in [-0.39, 0.29) is 35.9 Å². The van der Waals surface area contributed by atoms with Gasteiger partial charge in [0, 0.05) is 26.7 Å². The number of halogens is 4. The van der Waals surface area contributed by atoms with Crippen molar-refractivity contribution < 1.29 is 13.2 Å². The molecule has 0 aliphatic rings. The Labute approximate surface area is 165 Å². The first-order valence-electron chi connectivity index (χ1n) is 7.79. The van der Waals surface area contributed by atoms with E-state index >= 15 is 0 Å². The van der Waals surface area contributed by atoms with E-state index in [0.717, 1.165) is 18.7 Å². The van der Waals surface area contributed by atoms with Gasteiger partial charge in [0.05, 0.1) is 5.56 Å². The van der Waals surface area contributed by atoms with Crippen LogP contribution in [0.5, 0.6) is 0 Å². The van der Waals surface area contributed by atoms with Crippen molar-refractivity contribution >= 4 is 29.9 Å². The number of aliphatic imine (C=N–C) groups is 1. The average molecular weight is 472 g/mol. The quantitative estimate of drug-likeness (QED) is 0.378. The summed E-state index contributed by atoms with van der Waals surface area (Å²) in [6.07, 6.45) is -4.33. The summed E-state index contributed by atoms with van der Waals surface area (Å²) in [5.74, 6) is 0.569. The molecule has 0 aliphatic heterocycles. The van der Waals surface area contributed by atoms with Gasteiger partial charge in [-0.2, -0.15) is 13.2 Å². The van der Waals surface area contributed by atoms with Crippen LogP contribution in [0.25, 0.3) is 0 Å². The minimum atomic E-state index is -4.33. The van der Waals surface area contributed by atoms with Crippen LogP contribution >= 0.6 is 24.0 Å². The van der Waals surface area contributed by atoms with Crippen molar-refractivity contribution in [2.24, 2.45) is 10.4 Å². The number of nitrogens with zero attached hydrogens (tertiary/aromatic N) is 2. The summed E-state index contributed by atoms with van der Waals surface area (Å²) in [6, 6.07) is 5.29. The molecule has 1 aromatic rings. The van der Waals surface area contributed by atoms with Gasteiger partial charge in [0.15, 0.2) is 5.96 Å². The Morgan fingerprint density at radius 2 is 1.80 bits per heavy atom. The van der Waals surface area contributed by atoms with E-state index in [1.54, 1.807) is 13.1 Å². The van der Waals surface area contributed by atoms with Crippen LogP contribution in [-0.4, -0.2) is 45.1 Å². The third kappa shape index (κ3) is 9.29. The molecule has 0 spiro atoms. The smallest absolute Gasteiger partial charge is 0.356 e. The molecule has 0 unspecified atom stereocenters. The van der Waals surface area contributed by atoms with E-state index in [1.165, 1.54) is 6.07 Å². The van der Waals surface area contributed by atoms with Gasteiger partial charge >= 0.3 is 6.18 Å². The predicted octanol–water partition coefficient (Wildman–Crippen LogP) is 3.58. The zero-order chi connectivity index (χ0) is 18.4. The van der Waals surface area contributed by atoms with Crippen molar-refractivity contribution in [3.05, 3.63) is 35.4 Å². The van der Waals surface area contributed by atoms with Crippen molar-refractivity contribution in [1.82, 2.24) is 15.5 Å². The highest BCUT2D eigenvalue weighted by molar-refractivity contribution is 14.0. The molecule has 0 aromatic heterocycles. The molecule has 1 rings (SSSR count). The molecule has 144 valence electrons. The van der Waals surface area contributed by atoms with Gasteiger partial charge < -0.3 is 15.5 Å². The van der Waals surface area contributed by atoms with E-state index in [0.29, 0.717) is 18.1 Å². The summed E-state index contributed by atoms with van der Waals surface area (Å²) in [4.78, 5) is 6.23. The zero-order valence-corrected chi connectivity index (χ0v) is 17.7. The first kappa shape index (κ1) is 24.0. The molecule has 1 aromatic carbocycles. The number of nitrogens with one attached hydrogen (secondary N) is 2. The van der Waals surface area contributed by atoms with Gasteiger partial charge in [-0.3, -0.25) is 4.99 Å². The number of guanidine groups is 1. The number of alkyl halides is 3. The molecule has 25 heavy (non-hydrogen) atoms. The summed E-state index contributed by atoms with van der Waals surface area (Å²) in [6.45, 7) is 6.16. The molecule has 4 nitrogen and oxygen atoms in total. The van der Waals surface area contributed by atoms with E-state index < -0.39 is 11.7 Å². The molecule has 0 aliphatic carbocycles. The maximum atomic E-state index is 12.7. The van der Waals surface area contributed by atoms with Gasteiger partial charge in [-0.05, 0) is 37.2 Å². The third-order valence-electron chi connectivity index (χ3n) is 3.42. The number of benzene rings is 1. The lowest BCUT2D eigenvalue weighted by Gasteiger charge is -2.29. The van der Waals surface area contributed by atoms with Crippen LogP contribution in [0.2, 0.25) is 0 Å². The first-order chi connectivity index (χ1) is 11.0. The lowest BCUT2D eigenvalue weighted by atomic mass is 9.93. The normalized spacial score (nSPS) is 12.8. The highest BCUT2D eigenvalue weighted by Gasteiger charge is 2.30. The van der Waals surface area contributed by atoms with Crippen molar-refractivity contribution in [3.63, 3.8) is 0 Å². The summed E-state index contributed by atoms with van der Waals surface area (Å²) in [7, 11) is 5.67. The maximum absolute atomic E-state index is 12.7. The fourth-order valence-electron chi connectivity index (χ4n) is 2.50. The topological polar surface area (TPSA) is 39.7 Å². The Morgan fingerprint density at radius 3 is 2.32 bits per heavy atom. The molecule has 0 fully saturated rings. The Morgan fingerprint density at radius 1 is 1.16 bits per heavy atom. The second-order valence-corrected chi connectivity index (χ2v) is 6.88. The number of hydrogen-bond donors (Lipinski definition) is 2. The minimum absolute atomic E-state index is 0. The lowest BCUT2D eigenvalue weighted by molar-refractivity contribution is -0.137. The van der Waals surface area contributed by atoms with Gasteiger partial charge in [0.2, 0.25) is 0 Å². The molecule has 0 atom stereocenters. The third-order valence-corrected chi connectivity index (χ3v) is 3.42. The Kier molecular flexibility index (Phi) is 9.78. The van der Waals surface area contributed by atoms with Crippen molar-refractivity contribution in [1.29, 1.82) is 0 Å². The monoisotopic (exact) mass is 472 g/mol. The molecule has 2 N–H and O–H groups in total. The van der Waals surface area contributed by atoms with Crippen LogP contribution in [-0.2, 0) is 12.7 Å². The van der Waals surface area contributed by atoms with Gasteiger partial charge in [-0.15, -0.1) is 24.0 Å². The second-order valence-electron chi connectivity index (χ2n) is 6.88. The SMILES string of the molecule is CN=C(NCc1cccc(C(F)(F)F)c1)NCC(C)(C)CN(C)C.I. The standard InChI is InChI=1S/C17H27F3N4.HI/c1-16(2,12-24(4)5)11-23-15(21-3)22-10-13-7-6-8-14(9-13)17(18,19)20;/h6-9H,10-12H2,1-5H3,(H2,21,22,23);1H. The zero-order valence-electron chi connectivity index (χ0n) is 15.4. The molecule has 0 amide bonds. The summed E-state index contributed by atoms with van der Waals surface area (Å²) in [5.41, 5.74) is -0.0469. The van der Waals surface area contributed by atoms with Crippen molar-refractivity contribution in [3.8, 4) is 0 Å². The lowest BCUT2D eigenvalue weighted by Crippen LogP contribution is -2.44. The Hall–Kier alpha value is -1.03. The number of rotatable bonds is 6. The van der Waals surface area contributed by atoms with Gasteiger partial charge in [0.1, 0.15) is 0 Å². The molecule has 0 saturated carbocycles. The minimum Gasteiger partial charge on any atom is -0.356 e. The van der Waals surface area contributed by atoms with Crippen molar-refractivity contribution in [2.75, 3.05) is 34.2 Å². The van der Waals surface area contributed by atoms with Gasteiger partial charge in [-0.1, -0.05) is 26.0 Å². The van der Waals surface area contributed by atoms with E-state index in [2.05, 4.69) is 34.4 Å². The molecule has 8 heteroatoms. The Balaban J connectivity index is 0.00000576. The summed E-state index contributed by atoms with van der Waals surface area (Å²) >= 11 is 0. The van der Waals surface area contributed by atoms with Gasteiger partial charge in [0.25, 0.3) is 0 Å². The highest BCUT2D eigenvalue weighted by Crippen LogP contribution is 2.29. The van der Waals surface area contributed by atoms with E-state index in [4.69, 9.17) is 0 Å². The summed E-state index contributed by atoms with van der Waals surface area (Å²) in [5, 5.41) is 6.27. The molecule has 0 radical (unpaired) electrons. The number of hydrogen-bond acceptors (Lipinski definition) is 2. The molecule has 0 saturated heterocycles. The highest BCUT2D eigenvalue weighted by atomic mass is 127. The fraction of sp³-hybridized carbons (Fsp3) is 0.588. The molecular formula is C17H28F3IN4. The van der Waals surface area contributed by atoms with Crippen LogP contribution in [0.15, 0.2) is 29.3 Å². The van der Waals surface area contributed by atoms with Crippen LogP contribution in [0.4, 0.5) is 13.2 Å². The van der Waals surface area contributed by atoms with E-state index in [9.17, 15) is 13.2 Å². The van der Waals surface area contributed by atoms with Crippen LogP contribution in [0, 0.1) is 5.41 Å². The average Bonchev–Trinajstić information content (AvgIpc) is 2.45. The van der Waals surface area contributed by atoms with Crippen molar-refractivity contribution in [2.45, 2.75) is 26.6 Å². The largest absolute Gasteiger partial charge is 0.416 e.